The molecular formula is C14H16O5. The minimum Gasteiger partial charge on any atom is -0.481 e. The molecule has 1 unspecified atom stereocenters. The van der Waals surface area contributed by atoms with Crippen LogP contribution in [0.5, 0.6) is 0 Å². The number of rotatable bonds is 6. The van der Waals surface area contributed by atoms with Gasteiger partial charge in [-0.05, 0) is 19.4 Å². The molecule has 5 nitrogen and oxygen atoms in total. The van der Waals surface area contributed by atoms with Crippen LogP contribution in [-0.2, 0) is 14.3 Å². The number of benzene rings is 1. The molecule has 0 bridgehead atoms. The van der Waals surface area contributed by atoms with Crippen molar-refractivity contribution < 1.29 is 24.2 Å². The van der Waals surface area contributed by atoms with Gasteiger partial charge in [0, 0.05) is 5.56 Å². The molecule has 1 N–H and O–H groups in total. The van der Waals surface area contributed by atoms with Gasteiger partial charge in [0.05, 0.1) is 6.42 Å². The Kier molecular flexibility index (Phi) is 5.23. The quantitative estimate of drug-likeness (QED) is 0.481. The largest absolute Gasteiger partial charge is 0.481 e. The molecule has 1 aromatic carbocycles. The van der Waals surface area contributed by atoms with Gasteiger partial charge in [-0.25, -0.2) is 0 Å². The number of carbonyl (C=O) groups is 3. The van der Waals surface area contributed by atoms with E-state index in [9.17, 15) is 14.4 Å². The van der Waals surface area contributed by atoms with Crippen LogP contribution in [0.3, 0.4) is 0 Å². The van der Waals surface area contributed by atoms with Crippen LogP contribution in [0.2, 0.25) is 0 Å². The third-order valence-corrected chi connectivity index (χ3v) is 2.72. The molecule has 19 heavy (non-hydrogen) atoms. The molecule has 0 fully saturated rings. The van der Waals surface area contributed by atoms with E-state index in [4.69, 9.17) is 9.84 Å². The molecule has 1 aromatic rings. The Morgan fingerprint density at radius 2 is 1.89 bits per heavy atom. The van der Waals surface area contributed by atoms with E-state index in [2.05, 4.69) is 0 Å². The summed E-state index contributed by atoms with van der Waals surface area (Å²) in [7, 11) is 0. The topological polar surface area (TPSA) is 80.7 Å². The summed E-state index contributed by atoms with van der Waals surface area (Å²) in [6.07, 6.45) is -0.267. The molecule has 0 radical (unpaired) electrons. The molecule has 0 saturated heterocycles. The van der Waals surface area contributed by atoms with Crippen molar-refractivity contribution in [2.24, 2.45) is 5.92 Å². The lowest BCUT2D eigenvalue weighted by atomic mass is 9.96. The van der Waals surface area contributed by atoms with Gasteiger partial charge in [-0.1, -0.05) is 24.3 Å². The first-order valence-electron chi connectivity index (χ1n) is 5.91. The molecule has 1 rings (SSSR count). The van der Waals surface area contributed by atoms with Crippen LogP contribution >= 0.6 is 0 Å². The summed E-state index contributed by atoms with van der Waals surface area (Å²) in [5.41, 5.74) is 1.27. The first-order chi connectivity index (χ1) is 8.93. The molecular weight excluding hydrogens is 248 g/mol. The lowest BCUT2D eigenvalue weighted by Crippen LogP contribution is -2.25. The van der Waals surface area contributed by atoms with Crippen molar-refractivity contribution in [1.29, 1.82) is 0 Å². The first kappa shape index (κ1) is 14.9. The van der Waals surface area contributed by atoms with Crippen molar-refractivity contribution in [3.63, 3.8) is 0 Å². The molecule has 0 aromatic heterocycles. The van der Waals surface area contributed by atoms with E-state index in [0.717, 1.165) is 5.56 Å². The van der Waals surface area contributed by atoms with Crippen molar-refractivity contribution in [3.8, 4) is 0 Å². The normalized spacial score (nSPS) is 11.7. The van der Waals surface area contributed by atoms with Crippen molar-refractivity contribution in [3.05, 3.63) is 35.4 Å². The SMILES string of the molecule is Cc1ccccc1C(=O)C(C)C(=O)OCCC(=O)O. The molecule has 102 valence electrons. The molecule has 0 aliphatic carbocycles. The fraction of sp³-hybridized carbons (Fsp3) is 0.357. The molecule has 0 saturated carbocycles. The highest BCUT2D eigenvalue weighted by atomic mass is 16.5. The number of Topliss-reactive ketones (excluding diaryl/α,β-unsaturated/α-hetero) is 1. The highest BCUT2D eigenvalue weighted by Crippen LogP contribution is 2.14. The Labute approximate surface area is 111 Å². The highest BCUT2D eigenvalue weighted by Gasteiger charge is 2.25. The number of carboxylic acids is 1. The van der Waals surface area contributed by atoms with E-state index in [0.29, 0.717) is 5.56 Å². The van der Waals surface area contributed by atoms with Crippen molar-refractivity contribution in [2.75, 3.05) is 6.61 Å². The second-order valence-electron chi connectivity index (χ2n) is 4.21. The average Bonchev–Trinajstić information content (AvgIpc) is 2.37. The van der Waals surface area contributed by atoms with Crippen LogP contribution in [0.1, 0.15) is 29.3 Å². The van der Waals surface area contributed by atoms with Gasteiger partial charge in [-0.3, -0.25) is 14.4 Å². The van der Waals surface area contributed by atoms with Crippen LogP contribution in [0.15, 0.2) is 24.3 Å². The summed E-state index contributed by atoms with van der Waals surface area (Å²) in [4.78, 5) is 34.0. The van der Waals surface area contributed by atoms with E-state index < -0.39 is 17.9 Å². The van der Waals surface area contributed by atoms with Gasteiger partial charge in [-0.2, -0.15) is 0 Å². The second-order valence-corrected chi connectivity index (χ2v) is 4.21. The van der Waals surface area contributed by atoms with E-state index in [1.165, 1.54) is 6.92 Å². The Bertz CT molecular complexity index is 492. The summed E-state index contributed by atoms with van der Waals surface area (Å²) in [5, 5.41) is 8.43. The van der Waals surface area contributed by atoms with Gasteiger partial charge >= 0.3 is 11.9 Å². The standard InChI is InChI=1S/C14H16O5/c1-9-5-3-4-6-11(9)13(17)10(2)14(18)19-8-7-12(15)16/h3-6,10H,7-8H2,1-2H3,(H,15,16). The summed E-state index contributed by atoms with van der Waals surface area (Å²) in [5.74, 6) is -3.01. The number of ketones is 1. The molecule has 0 aliphatic heterocycles. The molecule has 1 atom stereocenters. The van der Waals surface area contributed by atoms with Crippen LogP contribution in [0.25, 0.3) is 0 Å². The van der Waals surface area contributed by atoms with Crippen LogP contribution in [0, 0.1) is 12.8 Å². The van der Waals surface area contributed by atoms with Gasteiger partial charge in [0.1, 0.15) is 12.5 Å². The Morgan fingerprint density at radius 1 is 1.26 bits per heavy atom. The maximum atomic E-state index is 12.1. The van der Waals surface area contributed by atoms with Crippen LogP contribution in [0.4, 0.5) is 0 Å². The number of hydrogen-bond acceptors (Lipinski definition) is 4. The van der Waals surface area contributed by atoms with Crippen LogP contribution < -0.4 is 0 Å². The molecule has 0 aliphatic rings. The lowest BCUT2D eigenvalue weighted by molar-refractivity contribution is -0.148. The third-order valence-electron chi connectivity index (χ3n) is 2.72. The fourth-order valence-electron chi connectivity index (χ4n) is 1.55. The Balaban J connectivity index is 2.64. The number of hydrogen-bond donors (Lipinski definition) is 1. The zero-order valence-corrected chi connectivity index (χ0v) is 10.9. The molecule has 0 spiro atoms. The van der Waals surface area contributed by atoms with Crippen molar-refractivity contribution in [2.45, 2.75) is 20.3 Å². The predicted molar refractivity (Wildman–Crippen MR) is 67.9 cm³/mol. The van der Waals surface area contributed by atoms with Gasteiger partial charge in [0.25, 0.3) is 0 Å². The summed E-state index contributed by atoms with van der Waals surface area (Å²) >= 11 is 0. The van der Waals surface area contributed by atoms with Gasteiger partial charge < -0.3 is 9.84 Å². The zero-order valence-electron chi connectivity index (χ0n) is 10.9. The molecule has 0 heterocycles. The number of carbonyl (C=O) groups excluding carboxylic acids is 2. The second kappa shape index (κ2) is 6.68. The predicted octanol–water partition coefficient (Wildman–Crippen LogP) is 1.83. The van der Waals surface area contributed by atoms with E-state index in [-0.39, 0.29) is 18.8 Å². The fourth-order valence-corrected chi connectivity index (χ4v) is 1.55. The Hall–Kier alpha value is -2.17. The number of ether oxygens (including phenoxy) is 1. The van der Waals surface area contributed by atoms with Crippen molar-refractivity contribution >= 4 is 17.7 Å². The zero-order chi connectivity index (χ0) is 14.4. The van der Waals surface area contributed by atoms with Gasteiger partial charge in [-0.15, -0.1) is 0 Å². The summed E-state index contributed by atoms with van der Waals surface area (Å²) < 4.78 is 4.76. The van der Waals surface area contributed by atoms with Gasteiger partial charge in [0.15, 0.2) is 5.78 Å². The maximum absolute atomic E-state index is 12.1. The minimum atomic E-state index is -1.05. The van der Waals surface area contributed by atoms with Crippen LogP contribution in [-0.4, -0.2) is 29.4 Å². The third kappa shape index (κ3) is 4.21. The van der Waals surface area contributed by atoms with Crippen molar-refractivity contribution in [1.82, 2.24) is 0 Å². The maximum Gasteiger partial charge on any atom is 0.316 e. The Morgan fingerprint density at radius 3 is 2.47 bits per heavy atom. The minimum absolute atomic E-state index is 0.223. The monoisotopic (exact) mass is 264 g/mol. The van der Waals surface area contributed by atoms with E-state index in [1.54, 1.807) is 25.1 Å². The summed E-state index contributed by atoms with van der Waals surface area (Å²) in [6.45, 7) is 3.02. The van der Waals surface area contributed by atoms with E-state index in [1.807, 2.05) is 6.07 Å². The molecule has 5 heteroatoms. The number of esters is 1. The average molecular weight is 264 g/mol. The summed E-state index contributed by atoms with van der Waals surface area (Å²) in [6, 6.07) is 6.97. The molecule has 0 amide bonds. The first-order valence-corrected chi connectivity index (χ1v) is 5.91. The smallest absolute Gasteiger partial charge is 0.316 e. The number of aliphatic carboxylic acids is 1. The number of carboxylic acid groups (broad SMARTS) is 1. The lowest BCUT2D eigenvalue weighted by Gasteiger charge is -2.11. The van der Waals surface area contributed by atoms with E-state index >= 15 is 0 Å². The number of aryl methyl sites for hydroxylation is 1. The van der Waals surface area contributed by atoms with Gasteiger partial charge in [0.2, 0.25) is 0 Å². The highest BCUT2D eigenvalue weighted by molar-refractivity contribution is 6.09.